The molecule has 72 valence electrons. The molecule has 0 spiro atoms. The van der Waals surface area contributed by atoms with Crippen molar-refractivity contribution in [2.75, 3.05) is 5.73 Å². The van der Waals surface area contributed by atoms with Gasteiger partial charge in [0.25, 0.3) is 5.56 Å². The lowest BCUT2D eigenvalue weighted by atomic mass is 10.3. The second-order valence-corrected chi connectivity index (χ2v) is 3.30. The van der Waals surface area contributed by atoms with Gasteiger partial charge in [-0.15, -0.1) is 0 Å². The van der Waals surface area contributed by atoms with Crippen molar-refractivity contribution in [3.63, 3.8) is 0 Å². The molecular weight excluding hydrogens is 190 g/mol. The van der Waals surface area contributed by atoms with Crippen molar-refractivity contribution in [2.45, 2.75) is 26.3 Å². The lowest BCUT2D eigenvalue weighted by Gasteiger charge is -2.11. The maximum Gasteiger partial charge on any atom is 0.287 e. The van der Waals surface area contributed by atoms with Crippen molar-refractivity contribution < 1.29 is 0 Å². The second kappa shape index (κ2) is 3.79. The Morgan fingerprint density at radius 1 is 1.77 bits per heavy atom. The predicted molar refractivity (Wildman–Crippen MR) is 52.9 cm³/mol. The van der Waals surface area contributed by atoms with Crippen LogP contribution in [-0.4, -0.2) is 9.78 Å². The minimum absolute atomic E-state index is 0.0469. The van der Waals surface area contributed by atoms with Crippen molar-refractivity contribution in [2.24, 2.45) is 0 Å². The van der Waals surface area contributed by atoms with E-state index in [4.69, 9.17) is 17.3 Å². The van der Waals surface area contributed by atoms with Crippen LogP contribution >= 0.6 is 11.6 Å². The summed E-state index contributed by atoms with van der Waals surface area (Å²) in [5.41, 5.74) is 5.33. The highest BCUT2D eigenvalue weighted by molar-refractivity contribution is 6.32. The van der Waals surface area contributed by atoms with Gasteiger partial charge in [0.1, 0.15) is 5.02 Å². The van der Waals surface area contributed by atoms with Gasteiger partial charge < -0.3 is 5.73 Å². The molecule has 0 bridgehead atoms. The summed E-state index contributed by atoms with van der Waals surface area (Å²) in [6.45, 7) is 3.88. The molecule has 0 amide bonds. The molecule has 0 radical (unpaired) electrons. The minimum atomic E-state index is -0.323. The Labute approximate surface area is 81.3 Å². The first-order valence-corrected chi connectivity index (χ1v) is 4.48. The van der Waals surface area contributed by atoms with Crippen molar-refractivity contribution in [1.29, 1.82) is 0 Å². The smallest absolute Gasteiger partial charge is 0.287 e. The summed E-state index contributed by atoms with van der Waals surface area (Å²) in [6, 6.07) is 0.0469. The molecule has 0 unspecified atom stereocenters. The van der Waals surface area contributed by atoms with E-state index in [1.165, 1.54) is 10.9 Å². The maximum atomic E-state index is 11.5. The van der Waals surface area contributed by atoms with Crippen LogP contribution in [0.5, 0.6) is 0 Å². The SMILES string of the molecule is CC[C@H](C)n1ncc(N)c(Cl)c1=O. The molecule has 1 rings (SSSR count). The standard InChI is InChI=1S/C8H12ClN3O/c1-3-5(2)12-8(13)7(9)6(10)4-11-12/h4-5H,3,10H2,1-2H3/t5-/m0/s1. The molecule has 1 aromatic heterocycles. The van der Waals surface area contributed by atoms with Gasteiger partial charge in [0.2, 0.25) is 0 Å². The highest BCUT2D eigenvalue weighted by atomic mass is 35.5. The molecule has 0 aliphatic rings. The summed E-state index contributed by atoms with van der Waals surface area (Å²) >= 11 is 5.69. The van der Waals surface area contributed by atoms with Gasteiger partial charge in [0.15, 0.2) is 0 Å². The number of rotatable bonds is 2. The third-order valence-corrected chi connectivity index (χ3v) is 2.36. The fraction of sp³-hybridized carbons (Fsp3) is 0.500. The molecule has 0 fully saturated rings. The first kappa shape index (κ1) is 10.1. The van der Waals surface area contributed by atoms with E-state index in [9.17, 15) is 4.79 Å². The van der Waals surface area contributed by atoms with Crippen LogP contribution < -0.4 is 11.3 Å². The highest BCUT2D eigenvalue weighted by Gasteiger charge is 2.10. The van der Waals surface area contributed by atoms with Gasteiger partial charge in [-0.2, -0.15) is 5.10 Å². The summed E-state index contributed by atoms with van der Waals surface area (Å²) in [5.74, 6) is 0. The van der Waals surface area contributed by atoms with E-state index in [2.05, 4.69) is 5.10 Å². The Morgan fingerprint density at radius 3 is 2.92 bits per heavy atom. The Bertz CT molecular complexity index is 361. The summed E-state index contributed by atoms with van der Waals surface area (Å²) in [5, 5.41) is 3.96. The van der Waals surface area contributed by atoms with E-state index in [1.807, 2.05) is 13.8 Å². The first-order valence-electron chi connectivity index (χ1n) is 4.10. The fourth-order valence-electron chi connectivity index (χ4n) is 0.944. The normalized spacial score (nSPS) is 12.8. The van der Waals surface area contributed by atoms with Crippen LogP contribution in [0.2, 0.25) is 5.02 Å². The number of nitrogens with two attached hydrogens (primary N) is 1. The molecule has 0 aliphatic heterocycles. The van der Waals surface area contributed by atoms with Crippen LogP contribution in [0.3, 0.4) is 0 Å². The number of aromatic nitrogens is 2. The Balaban J connectivity index is 3.26. The molecule has 1 atom stereocenters. The van der Waals surface area contributed by atoms with E-state index < -0.39 is 0 Å². The van der Waals surface area contributed by atoms with Gasteiger partial charge >= 0.3 is 0 Å². The molecule has 0 saturated carbocycles. The third-order valence-electron chi connectivity index (χ3n) is 1.98. The van der Waals surface area contributed by atoms with E-state index in [1.54, 1.807) is 0 Å². The van der Waals surface area contributed by atoms with Gasteiger partial charge in [0, 0.05) is 0 Å². The monoisotopic (exact) mass is 201 g/mol. The van der Waals surface area contributed by atoms with Gasteiger partial charge in [-0.05, 0) is 13.3 Å². The van der Waals surface area contributed by atoms with E-state index in [-0.39, 0.29) is 22.3 Å². The summed E-state index contributed by atoms with van der Waals surface area (Å²) in [4.78, 5) is 11.5. The Hall–Kier alpha value is -1.03. The lowest BCUT2D eigenvalue weighted by Crippen LogP contribution is -2.26. The quantitative estimate of drug-likeness (QED) is 0.788. The van der Waals surface area contributed by atoms with Crippen LogP contribution in [0.1, 0.15) is 26.3 Å². The van der Waals surface area contributed by atoms with Gasteiger partial charge in [-0.3, -0.25) is 4.79 Å². The third kappa shape index (κ3) is 1.83. The topological polar surface area (TPSA) is 60.9 Å². The molecule has 1 aromatic rings. The zero-order valence-corrected chi connectivity index (χ0v) is 8.38. The van der Waals surface area contributed by atoms with Crippen molar-refractivity contribution >= 4 is 17.3 Å². The molecule has 2 N–H and O–H groups in total. The average molecular weight is 202 g/mol. The number of hydrogen-bond donors (Lipinski definition) is 1. The molecule has 0 aromatic carbocycles. The molecule has 0 aliphatic carbocycles. The van der Waals surface area contributed by atoms with Crippen LogP contribution in [-0.2, 0) is 0 Å². The first-order chi connectivity index (χ1) is 6.07. The summed E-state index contributed by atoms with van der Waals surface area (Å²) in [6.07, 6.45) is 2.23. The number of hydrogen-bond acceptors (Lipinski definition) is 3. The number of halogens is 1. The molecule has 1 heterocycles. The van der Waals surface area contributed by atoms with Gasteiger partial charge in [-0.25, -0.2) is 4.68 Å². The maximum absolute atomic E-state index is 11.5. The predicted octanol–water partition coefficient (Wildman–Crippen LogP) is 1.45. The highest BCUT2D eigenvalue weighted by Crippen LogP contribution is 2.12. The second-order valence-electron chi connectivity index (χ2n) is 2.92. The van der Waals surface area contributed by atoms with E-state index in [0.717, 1.165) is 6.42 Å². The van der Waals surface area contributed by atoms with Crippen LogP contribution in [0.4, 0.5) is 5.69 Å². The van der Waals surface area contributed by atoms with Crippen molar-refractivity contribution in [3.8, 4) is 0 Å². The molecule has 0 saturated heterocycles. The van der Waals surface area contributed by atoms with Crippen molar-refractivity contribution in [3.05, 3.63) is 21.6 Å². The zero-order chi connectivity index (χ0) is 10.0. The molecular formula is C8H12ClN3O. The molecule has 13 heavy (non-hydrogen) atoms. The van der Waals surface area contributed by atoms with Crippen LogP contribution in [0, 0.1) is 0 Å². The van der Waals surface area contributed by atoms with Crippen LogP contribution in [0.15, 0.2) is 11.0 Å². The van der Waals surface area contributed by atoms with E-state index in [0.29, 0.717) is 0 Å². The average Bonchev–Trinajstić information content (AvgIpc) is 2.13. The molecule has 5 heteroatoms. The largest absolute Gasteiger partial charge is 0.396 e. The number of nitrogens with zero attached hydrogens (tertiary/aromatic N) is 2. The van der Waals surface area contributed by atoms with Crippen molar-refractivity contribution in [1.82, 2.24) is 9.78 Å². The minimum Gasteiger partial charge on any atom is -0.396 e. The fourth-order valence-corrected chi connectivity index (χ4v) is 1.08. The van der Waals surface area contributed by atoms with Gasteiger partial charge in [-0.1, -0.05) is 18.5 Å². The lowest BCUT2D eigenvalue weighted by molar-refractivity contribution is 0.455. The zero-order valence-electron chi connectivity index (χ0n) is 7.62. The number of nitrogen functional groups attached to an aromatic ring is 1. The summed E-state index contributed by atoms with van der Waals surface area (Å²) in [7, 11) is 0. The number of anilines is 1. The molecule has 4 nitrogen and oxygen atoms in total. The summed E-state index contributed by atoms with van der Waals surface area (Å²) < 4.78 is 1.35. The van der Waals surface area contributed by atoms with E-state index >= 15 is 0 Å². The Morgan fingerprint density at radius 2 is 2.38 bits per heavy atom. The Kier molecular flexibility index (Phi) is 2.93. The van der Waals surface area contributed by atoms with Crippen LogP contribution in [0.25, 0.3) is 0 Å². The van der Waals surface area contributed by atoms with Gasteiger partial charge in [0.05, 0.1) is 17.9 Å².